The Kier molecular flexibility index (Phi) is 13.3. The first-order valence-corrected chi connectivity index (χ1v) is 24.3. The fourth-order valence-corrected chi connectivity index (χ4v) is 10.9. The van der Waals surface area contributed by atoms with Gasteiger partial charge in [-0.1, -0.05) is 109 Å². The van der Waals surface area contributed by atoms with Crippen molar-refractivity contribution in [3.05, 3.63) is 219 Å². The van der Waals surface area contributed by atoms with Crippen LogP contribution in [0, 0.1) is 6.92 Å². The van der Waals surface area contributed by atoms with Gasteiger partial charge in [0.2, 0.25) is 0 Å². The van der Waals surface area contributed by atoms with Gasteiger partial charge in [0.1, 0.15) is 58.7 Å². The number of hydrogen-bond acceptors (Lipinski definition) is 11. The monoisotopic (exact) mass is 963 g/mol. The van der Waals surface area contributed by atoms with Crippen LogP contribution in [0.5, 0.6) is 17.2 Å². The summed E-state index contributed by atoms with van der Waals surface area (Å²) in [5.41, 5.74) is 6.63. The molecule has 12 heteroatoms. The number of β-lactam (4-membered cyclic amide) rings is 1. The number of thioether (sulfide) groups is 1. The topological polar surface area (TPSA) is 131 Å². The molecule has 356 valence electrons. The smallest absolute Gasteiger partial charge is 0.356 e. The highest BCUT2D eigenvalue weighted by Gasteiger charge is 2.66. The zero-order chi connectivity index (χ0) is 49.1. The maximum Gasteiger partial charge on any atom is 0.356 e. The van der Waals surface area contributed by atoms with Gasteiger partial charge in [-0.2, -0.15) is 0 Å². The Balaban J connectivity index is 0.882. The molecule has 0 unspecified atom stereocenters. The lowest BCUT2D eigenvalue weighted by Crippen LogP contribution is -2.75. The average molecular weight is 964 g/mol. The Labute approximate surface area is 414 Å². The highest BCUT2D eigenvalue weighted by molar-refractivity contribution is 8.00. The van der Waals surface area contributed by atoms with Gasteiger partial charge in [-0.05, 0) is 88.8 Å². The summed E-state index contributed by atoms with van der Waals surface area (Å²) in [6, 6.07) is 52.2. The van der Waals surface area contributed by atoms with Crippen LogP contribution in [-0.2, 0) is 36.9 Å². The zero-order valence-electron chi connectivity index (χ0n) is 39.3. The highest BCUT2D eigenvalue weighted by Crippen LogP contribution is 2.50. The number of ether oxygens (including phenoxy) is 5. The van der Waals surface area contributed by atoms with Crippen molar-refractivity contribution in [2.45, 2.75) is 43.5 Å². The summed E-state index contributed by atoms with van der Waals surface area (Å²) < 4.78 is 36.7. The molecule has 1 fully saturated rings. The van der Waals surface area contributed by atoms with E-state index in [1.54, 1.807) is 19.2 Å². The van der Waals surface area contributed by atoms with E-state index in [9.17, 15) is 19.2 Å². The Bertz CT molecular complexity index is 3280. The second kappa shape index (κ2) is 20.2. The first kappa shape index (κ1) is 46.8. The summed E-state index contributed by atoms with van der Waals surface area (Å²) in [6.45, 7) is 2.25. The maximum atomic E-state index is 14.7. The third kappa shape index (κ3) is 9.44. The largest absolute Gasteiger partial charge is 0.497 e. The fourth-order valence-electron chi connectivity index (χ4n) is 9.40. The number of hydrogen-bond donors (Lipinski definition) is 0. The predicted molar refractivity (Wildman–Crippen MR) is 273 cm³/mol. The summed E-state index contributed by atoms with van der Waals surface area (Å²) in [6.07, 6.45) is -0.764. The number of esters is 1. The molecule has 1 saturated heterocycles. The van der Waals surface area contributed by atoms with Gasteiger partial charge in [-0.3, -0.25) is 19.3 Å². The van der Waals surface area contributed by atoms with Crippen LogP contribution in [0.1, 0.15) is 40.3 Å². The van der Waals surface area contributed by atoms with Crippen molar-refractivity contribution in [2.75, 3.05) is 26.6 Å². The number of carbonyl (C=O) groups is 3. The summed E-state index contributed by atoms with van der Waals surface area (Å²) in [7, 11) is 3.08. The normalized spacial score (nSPS) is 16.4. The SMILES string of the molecule is COc1ccc(-c2c3ccc(=O)cc-3oc3cc(OCc4ccc(OCC5=C(C(=O)OC(c6ccccc6)c6ccccc6)N6C(=O)[C@](CC(=O)Cc7ccccc7)(OC)[C@H]6SC5)cc4)ccc23)c(C)c1. The Morgan fingerprint density at radius 3 is 2.03 bits per heavy atom. The summed E-state index contributed by atoms with van der Waals surface area (Å²) in [4.78, 5) is 56.5. The molecule has 3 aliphatic heterocycles. The zero-order valence-corrected chi connectivity index (χ0v) is 40.1. The summed E-state index contributed by atoms with van der Waals surface area (Å²) >= 11 is 1.42. The van der Waals surface area contributed by atoms with Crippen LogP contribution in [0.2, 0.25) is 0 Å². The van der Waals surface area contributed by atoms with Gasteiger partial charge in [0.05, 0.1) is 7.11 Å². The summed E-state index contributed by atoms with van der Waals surface area (Å²) in [5.74, 6) is 1.34. The van der Waals surface area contributed by atoms with Crippen molar-refractivity contribution in [3.63, 3.8) is 0 Å². The van der Waals surface area contributed by atoms with E-state index in [-0.39, 0.29) is 43.0 Å². The van der Waals surface area contributed by atoms with Crippen molar-refractivity contribution >= 4 is 40.4 Å². The third-order valence-electron chi connectivity index (χ3n) is 13.0. The van der Waals surface area contributed by atoms with E-state index < -0.39 is 29.0 Å². The van der Waals surface area contributed by atoms with Gasteiger partial charge in [-0.15, -0.1) is 11.8 Å². The lowest BCUT2D eigenvalue weighted by atomic mass is 9.84. The van der Waals surface area contributed by atoms with Crippen LogP contribution < -0.4 is 19.6 Å². The molecule has 6 aromatic rings. The molecule has 0 saturated carbocycles. The Morgan fingerprint density at radius 1 is 0.704 bits per heavy atom. The Hall–Kier alpha value is -7.93. The number of ketones is 1. The van der Waals surface area contributed by atoms with Crippen molar-refractivity contribution in [1.29, 1.82) is 0 Å². The molecule has 0 aromatic heterocycles. The van der Waals surface area contributed by atoms with Crippen LogP contribution in [-0.4, -0.2) is 60.1 Å². The van der Waals surface area contributed by atoms with Crippen molar-refractivity contribution in [2.24, 2.45) is 0 Å². The van der Waals surface area contributed by atoms with Gasteiger partial charge < -0.3 is 28.1 Å². The number of fused-ring (bicyclic) bond motifs is 3. The molecule has 11 nitrogen and oxygen atoms in total. The molecule has 4 aliphatic rings. The number of rotatable bonds is 17. The maximum absolute atomic E-state index is 14.7. The fraction of sp³-hybridized carbons (Fsp3) is 0.186. The van der Waals surface area contributed by atoms with Crippen molar-refractivity contribution in [1.82, 2.24) is 4.90 Å². The van der Waals surface area contributed by atoms with Gasteiger partial charge in [-0.25, -0.2) is 4.79 Å². The molecule has 6 aromatic carbocycles. The van der Waals surface area contributed by atoms with Crippen LogP contribution in [0.3, 0.4) is 0 Å². The van der Waals surface area contributed by atoms with Crippen molar-refractivity contribution in [3.8, 4) is 39.7 Å². The Morgan fingerprint density at radius 2 is 1.35 bits per heavy atom. The van der Waals surface area contributed by atoms with Gasteiger partial charge >= 0.3 is 5.97 Å². The van der Waals surface area contributed by atoms with E-state index in [0.717, 1.165) is 55.6 Å². The molecule has 3 heterocycles. The van der Waals surface area contributed by atoms with Crippen LogP contribution in [0.4, 0.5) is 0 Å². The highest BCUT2D eigenvalue weighted by atomic mass is 32.2. The molecule has 71 heavy (non-hydrogen) atoms. The van der Waals surface area contributed by atoms with E-state index in [4.69, 9.17) is 28.1 Å². The van der Waals surface area contributed by atoms with E-state index in [2.05, 4.69) is 0 Å². The van der Waals surface area contributed by atoms with Crippen LogP contribution in [0.25, 0.3) is 33.4 Å². The number of methoxy groups -OCH3 is 2. The minimum Gasteiger partial charge on any atom is -0.497 e. The number of aryl methyl sites for hydroxylation is 1. The average Bonchev–Trinajstić information content (AvgIpc) is 3.40. The molecule has 0 N–H and O–H groups in total. The number of amides is 1. The molecule has 10 rings (SSSR count). The predicted octanol–water partition coefficient (Wildman–Crippen LogP) is 10.9. The molecular formula is C59H49NO10S. The minimum absolute atomic E-state index is 0.0147. The number of nitrogens with zero attached hydrogens (tertiary/aromatic N) is 1. The second-order valence-electron chi connectivity index (χ2n) is 17.6. The van der Waals surface area contributed by atoms with E-state index in [1.807, 2.05) is 159 Å². The number of benzene rings is 7. The van der Waals surface area contributed by atoms with Crippen LogP contribution >= 0.6 is 11.8 Å². The molecule has 2 atom stereocenters. The van der Waals surface area contributed by atoms with E-state index in [0.29, 0.717) is 34.2 Å². The van der Waals surface area contributed by atoms with E-state index >= 15 is 0 Å². The molecule has 1 amide bonds. The summed E-state index contributed by atoms with van der Waals surface area (Å²) in [5, 5.41) is 0.215. The molecule has 0 spiro atoms. The minimum atomic E-state index is -1.46. The standard InChI is InChI=1S/C59H49NO10S/c1-37-29-46(65-2)24-27-48(37)53-49-26-21-43(61)31-51(49)69-52-32-47(25-28-50(52)53)67-34-39-19-22-45(23-20-39)68-35-42-36-71-58-59(66-3,33-44(62)30-38-13-7-4-8-14-38)57(64)60(58)54(42)56(63)70-55(40-15-9-5-10-16-40)41-17-11-6-12-18-41/h4-29,31-32,55,58H,30,33-36H2,1-3H3/t58-,59+/m1/s1. The third-order valence-corrected chi connectivity index (χ3v) is 14.4. The van der Waals surface area contributed by atoms with Gasteiger partial charge in [0, 0.05) is 59.9 Å². The molecule has 0 bridgehead atoms. The molecular weight excluding hydrogens is 915 g/mol. The first-order valence-electron chi connectivity index (χ1n) is 23.2. The van der Waals surface area contributed by atoms with Gasteiger partial charge in [0.25, 0.3) is 5.91 Å². The first-order chi connectivity index (χ1) is 34.6. The number of carbonyl (C=O) groups excluding carboxylic acids is 3. The van der Waals surface area contributed by atoms with Crippen molar-refractivity contribution < 1.29 is 42.5 Å². The lowest BCUT2D eigenvalue weighted by molar-refractivity contribution is -0.187. The van der Waals surface area contributed by atoms with Crippen LogP contribution in [0.15, 0.2) is 190 Å². The van der Waals surface area contributed by atoms with Gasteiger partial charge in [0.15, 0.2) is 17.1 Å². The molecule has 1 aliphatic carbocycles. The lowest BCUT2D eigenvalue weighted by Gasteiger charge is -2.56. The quantitative estimate of drug-likeness (QED) is 0.0491. The number of Topliss-reactive ketones (excluding diaryl/α,β-unsaturated/α-hetero) is 1. The van der Waals surface area contributed by atoms with E-state index in [1.165, 1.54) is 29.8 Å². The molecule has 0 radical (unpaired) electrons. The second-order valence-corrected chi connectivity index (χ2v) is 18.6.